The second-order valence-electron chi connectivity index (χ2n) is 42.2. The summed E-state index contributed by atoms with van der Waals surface area (Å²) in [7, 11) is -4.09. The first-order valence-corrected chi connectivity index (χ1v) is 65.4. The monoisotopic (exact) mass is 2380 g/mol. The molecule has 5 fully saturated rings. The van der Waals surface area contributed by atoms with Crippen molar-refractivity contribution in [1.29, 1.82) is 10.5 Å². The fraction of sp³-hybridized carbons (Fsp3) is 0.538. The van der Waals surface area contributed by atoms with E-state index in [1.807, 2.05) is 104 Å². The molecule has 22 nitrogen and oxygen atoms in total. The Bertz CT molecular complexity index is 5250. The van der Waals surface area contributed by atoms with Crippen molar-refractivity contribution in [1.82, 2.24) is 4.72 Å². The van der Waals surface area contributed by atoms with E-state index >= 15 is 0 Å². The van der Waals surface area contributed by atoms with Gasteiger partial charge in [0.15, 0.2) is 34.4 Å². The first-order valence-electron chi connectivity index (χ1n) is 51.3. The van der Waals surface area contributed by atoms with Crippen molar-refractivity contribution in [2.24, 2.45) is 39.4 Å². The number of nitrogens with one attached hydrogen (secondary N) is 1. The van der Waals surface area contributed by atoms with Crippen LogP contribution in [0.3, 0.4) is 0 Å². The average Bonchev–Trinajstić information content (AvgIpc) is 0.976. The molecule has 5 saturated carbocycles. The maximum Gasteiger partial charge on any atom is 2.00 e. The number of hydrogen-bond donors (Lipinski definition) is 7. The predicted molar refractivity (Wildman–Crippen MR) is 625 cm³/mol. The van der Waals surface area contributed by atoms with Gasteiger partial charge < -0.3 is 46.9 Å². The van der Waals surface area contributed by atoms with Crippen LogP contribution in [0, 0.1) is 89.7 Å². The molecule has 818 valence electrons. The summed E-state index contributed by atoms with van der Waals surface area (Å²) in [6.07, 6.45) is 30.5. The van der Waals surface area contributed by atoms with Crippen molar-refractivity contribution in [3.05, 3.63) is 266 Å². The molecule has 5 aliphatic rings. The molecule has 0 radical (unpaired) electrons. The third kappa shape index (κ3) is 75.9. The van der Waals surface area contributed by atoms with Crippen LogP contribution >= 0.6 is 17.0 Å². The Hall–Kier alpha value is -5.81. The zero-order valence-electron chi connectivity index (χ0n) is 95.8. The number of hydrogen-bond acceptors (Lipinski definition) is 16. The van der Waals surface area contributed by atoms with Gasteiger partial charge in [-0.3, -0.25) is 24.2 Å². The number of anilines is 2. The van der Waals surface area contributed by atoms with Gasteiger partial charge in [0.2, 0.25) is 0 Å². The Balaban J connectivity index is -0.000000310. The van der Waals surface area contributed by atoms with E-state index in [1.165, 1.54) is 109 Å². The number of rotatable bonds is 32. The van der Waals surface area contributed by atoms with Crippen LogP contribution in [0.15, 0.2) is 175 Å². The van der Waals surface area contributed by atoms with Crippen molar-refractivity contribution < 1.29 is 141 Å². The van der Waals surface area contributed by atoms with Gasteiger partial charge in [0, 0.05) is 91.7 Å². The van der Waals surface area contributed by atoms with Gasteiger partial charge in [0.25, 0.3) is 0 Å². The number of halogens is 3. The number of nitrogens with zero attached hydrogens (tertiary/aromatic N) is 7. The number of aldehydes is 1. The van der Waals surface area contributed by atoms with Crippen LogP contribution in [0.1, 0.15) is 347 Å². The molecule has 150 heavy (non-hydrogen) atoms. The van der Waals surface area contributed by atoms with Gasteiger partial charge in [0.1, 0.15) is 20.3 Å². The van der Waals surface area contributed by atoms with Crippen LogP contribution in [0.5, 0.6) is 0 Å². The number of carbonyl (C=O) groups is 4. The summed E-state index contributed by atoms with van der Waals surface area (Å²) in [5.74, 6) is 2.99. The number of aliphatic hydroxyl groups is 4. The smallest absolute Gasteiger partial charge is 1.00 e. The number of ketones is 3. The van der Waals surface area contributed by atoms with Crippen molar-refractivity contribution in [2.45, 2.75) is 364 Å². The molecule has 7 aromatic rings. The number of aliphatic hydroxyl groups excluding tert-OH is 4. The number of carbonyl (C=O) groups excluding carboxylic acids is 4. The standard InChI is InChI=1S/C23H28FN3OS.C17H22N2OSi.C13H13NO.C13H11NO.C10H15FNSi.C9H7NO.C4H11NOS.C4H6O.3C4H9.4C3H8O.BrH.K.Mg.H2O.Sn.Ti.2H/c1-22(2,3)29(28)27-23(13-12-16-4-5-16,18-8-6-17(15-25)7-9-18)19-10-11-20(24)21(26)14-19;1-17(2,3)21(20)19-16(11-8-13-4-5-13)15-9-6-14(12-18)7-10-15;2*1-14-12-7-5-11(6-8-12)13(15)9-4-10-2-3-10;1-12(13(2,3)4)10-8-6-5-7-9(10)11;1-7(11)8-3-5-9(10-2)6-4-8;1-4(2,3)7(5)6;5-3-4-1-2-4;3*1-3-4-2;4*1-3(2)4;;;;;;;;/h6-11,14,16,27H,4-5,12-13,26H2,1-3H3;6-7,9-10,13H,4-5,8,11H2,1-3H3;5-8,10H,2-4,9H2;4-10H,2-3H2;5,7-8H,1-4H3;3-6H,1H3;5H2,1-3H3;3-4H,1-2H2;3*1,3-4H2,2H3;4*3-4H,1-2H3;1H;;;1H2;;;;/q;;;;-1;;;;;;;;;;;;+1;+2;;;;;-1/p-1/b;;;9-4+;;;;;;;;;;;;;;;;;;;. The van der Waals surface area contributed by atoms with Crippen LogP contribution in [-0.4, -0.2) is 165 Å². The van der Waals surface area contributed by atoms with Crippen LogP contribution in [0.2, 0.25) is 38.0 Å². The van der Waals surface area contributed by atoms with Gasteiger partial charge >= 0.3 is 176 Å². The minimum atomic E-state index is -2.02. The first-order chi connectivity index (χ1) is 67.9. The number of nitriles is 2. The molecule has 5 aliphatic carbocycles. The molecule has 3 atom stereocenters. The van der Waals surface area contributed by atoms with Gasteiger partial charge in [-0.05, 0) is 257 Å². The molecule has 0 amide bonds. The molecule has 0 spiro atoms. The Morgan fingerprint density at radius 1 is 0.600 bits per heavy atom. The maximum atomic E-state index is 13.9. The van der Waals surface area contributed by atoms with Crippen LogP contribution < -0.4 is 71.5 Å². The summed E-state index contributed by atoms with van der Waals surface area (Å²) < 4.78 is 77.5. The second-order valence-corrected chi connectivity index (χ2v) is 63.3. The van der Waals surface area contributed by atoms with Crippen molar-refractivity contribution in [3.63, 3.8) is 0 Å². The molecule has 33 heteroatoms. The fourth-order valence-corrected chi connectivity index (χ4v) is 25.9. The second kappa shape index (κ2) is 84.4. The van der Waals surface area contributed by atoms with Gasteiger partial charge in [-0.25, -0.2) is 36.5 Å². The largest absolute Gasteiger partial charge is 2.00 e. The maximum absolute atomic E-state index is 13.9. The average molecular weight is 2380 g/mol. The number of unbranched alkanes of at least 4 members (excludes halogenated alkanes) is 3. The minimum Gasteiger partial charge on any atom is -1.00 e. The van der Waals surface area contributed by atoms with E-state index in [0.717, 1.165) is 84.6 Å². The third-order valence-corrected chi connectivity index (χ3v) is 39.6. The third-order valence-electron chi connectivity index (χ3n) is 22.2. The van der Waals surface area contributed by atoms with Gasteiger partial charge in [0.05, 0.1) is 85.7 Å². The SMILES string of the molecule is Br.CC(C)(C)S(=O)NC(CCC1CC1)(c1ccc(C#N)cc1)c1ccc(F)c(N)c1.CC(C)(C)S(N)=O.CC(C)(C)[Si](=O)N=C(CCC1CC1)c1ccc(C#N)cc1.CC(C)O.CC(C)O.CC(C)O.CC(C)O.CCC[CH2][SnH]([CH2]CCC)[CH2]CCC.CN(c1c[c-]ccc1F)[Si](C)(C)C.O=CC1CC1.[C-]#[N+]c1ccc(C(=O)/C=C/C2CC2)cc1.[C-]#[N+]c1ccc(C(=O)CCC2CC2)cc1.[C-]#[N+]c1ccc(C(C)=O)cc1.[H-].[K+].[Mg+2].[OH-].[Ti]. The van der Waals surface area contributed by atoms with Crippen LogP contribution in [0.4, 0.5) is 37.2 Å². The molecule has 0 aliphatic heterocycles. The molecule has 0 heterocycles. The summed E-state index contributed by atoms with van der Waals surface area (Å²) >= 11 is -0.967. The van der Waals surface area contributed by atoms with E-state index in [2.05, 4.69) is 82.5 Å². The zero-order chi connectivity index (χ0) is 110. The summed E-state index contributed by atoms with van der Waals surface area (Å²) in [5.41, 5.74) is 14.4. The van der Waals surface area contributed by atoms with Crippen molar-refractivity contribution >= 4 is 157 Å². The number of nitrogen functional groups attached to an aromatic ring is 1. The van der Waals surface area contributed by atoms with Gasteiger partial charge in [-0.1, -0.05) is 188 Å². The quantitative estimate of drug-likeness (QED) is 0.00392. The molecule has 10 N–H and O–H groups in total. The Labute approximate surface area is 1000 Å². The number of nitrogens with two attached hydrogens (primary N) is 2. The molecule has 3 unspecified atom stereocenters. The first kappa shape index (κ1) is 155. The van der Waals surface area contributed by atoms with Gasteiger partial charge in [-0.2, -0.15) is 28.7 Å². The minimum absolute atomic E-state index is 0. The topological polar surface area (TPSA) is 371 Å². The van der Waals surface area contributed by atoms with E-state index in [0.29, 0.717) is 75.6 Å². The molecule has 12 rings (SSSR count). The van der Waals surface area contributed by atoms with E-state index in [4.69, 9.17) is 56.3 Å². The summed E-state index contributed by atoms with van der Waals surface area (Å²) in [6, 6.07) is 51.6. The van der Waals surface area contributed by atoms with E-state index in [-0.39, 0.29) is 183 Å². The Morgan fingerprint density at radius 3 is 1.29 bits per heavy atom. The Morgan fingerprint density at radius 2 is 0.967 bits per heavy atom. The number of benzene rings is 7. The molecule has 7 aromatic carbocycles. The van der Waals surface area contributed by atoms with Crippen molar-refractivity contribution in [2.75, 3.05) is 17.3 Å². The van der Waals surface area contributed by atoms with Crippen LogP contribution in [-0.2, 0) is 58.5 Å². The zero-order valence-corrected chi connectivity index (χ0v) is 110. The fourth-order valence-electron chi connectivity index (χ4n) is 12.3. The Kier molecular flexibility index (Phi) is 87.1. The van der Waals surface area contributed by atoms with Crippen molar-refractivity contribution in [3.8, 4) is 12.1 Å². The summed E-state index contributed by atoms with van der Waals surface area (Å²) in [5, 5.41) is 55.0. The normalized spacial score (nSPS) is 13.6. The predicted octanol–water partition coefficient (Wildman–Crippen LogP) is 25.7. The van der Waals surface area contributed by atoms with Gasteiger partial charge in [-0.15, -0.1) is 23.0 Å². The van der Waals surface area contributed by atoms with E-state index < -0.39 is 74.9 Å². The number of allylic oxidation sites excluding steroid dienone is 2. The summed E-state index contributed by atoms with van der Waals surface area (Å²) in [6.45, 7) is 66.3. The van der Waals surface area contributed by atoms with E-state index in [1.54, 1.807) is 196 Å². The summed E-state index contributed by atoms with van der Waals surface area (Å²) in [4.78, 5) is 53.4. The molecule has 0 saturated heterocycles. The molecular formula is C117H176BrF2KMgN10O12S2Si2SnTi. The number of Topliss-reactive ketones (excluding diaryl/α,β-unsaturated/α-hetero) is 2. The van der Waals surface area contributed by atoms with Crippen LogP contribution in [0.25, 0.3) is 14.5 Å². The van der Waals surface area contributed by atoms with E-state index in [9.17, 15) is 46.1 Å². The molecular weight excluding hydrogens is 2210 g/mol. The molecule has 0 aromatic heterocycles. The molecule has 0 bridgehead atoms.